The Bertz CT molecular complexity index is 562. The Morgan fingerprint density at radius 3 is 2.80 bits per heavy atom. The van der Waals surface area contributed by atoms with Gasteiger partial charge in [-0.05, 0) is 19.3 Å². The molecule has 1 aliphatic carbocycles. The molecule has 0 unspecified atom stereocenters. The topological polar surface area (TPSA) is 71.8 Å². The summed E-state index contributed by atoms with van der Waals surface area (Å²) in [6, 6.07) is 0.581. The fourth-order valence-corrected chi connectivity index (χ4v) is 2.16. The second-order valence-corrected chi connectivity index (χ2v) is 4.90. The number of rotatable bonds is 6. The van der Waals surface area contributed by atoms with Crippen molar-refractivity contribution in [2.75, 3.05) is 23.8 Å². The van der Waals surface area contributed by atoms with Crippen LogP contribution in [0.2, 0.25) is 0 Å². The van der Waals surface area contributed by atoms with Crippen molar-refractivity contribution in [1.29, 1.82) is 0 Å². The van der Waals surface area contributed by atoms with E-state index in [1.54, 1.807) is 17.1 Å². The Morgan fingerprint density at radius 2 is 2.20 bits per heavy atom. The van der Waals surface area contributed by atoms with Crippen molar-refractivity contribution in [3.05, 3.63) is 18.7 Å². The number of hydrogen-bond acceptors (Lipinski definition) is 6. The predicted octanol–water partition coefficient (Wildman–Crippen LogP) is 1.48. The minimum atomic E-state index is 0.581. The third-order valence-corrected chi connectivity index (χ3v) is 3.28. The van der Waals surface area contributed by atoms with Crippen molar-refractivity contribution < 1.29 is 0 Å². The van der Waals surface area contributed by atoms with E-state index in [4.69, 9.17) is 0 Å². The van der Waals surface area contributed by atoms with Crippen LogP contribution >= 0.6 is 0 Å². The van der Waals surface area contributed by atoms with Crippen molar-refractivity contribution in [1.82, 2.24) is 24.5 Å². The molecule has 0 radical (unpaired) electrons. The van der Waals surface area contributed by atoms with Crippen LogP contribution in [0, 0.1) is 0 Å². The van der Waals surface area contributed by atoms with Gasteiger partial charge in [-0.1, -0.05) is 6.92 Å². The molecule has 106 valence electrons. The standard InChI is InChI=1S/C13H19N7/c1-3-7-20(10-4-5-10)13-17-11(14-2)16-12(18-13)19-8-6-15-9-19/h6,8-10H,3-5,7H2,1-2H3,(H,14,16,17,18). The molecule has 1 fully saturated rings. The maximum Gasteiger partial charge on any atom is 0.241 e. The lowest BCUT2D eigenvalue weighted by Gasteiger charge is -2.22. The summed E-state index contributed by atoms with van der Waals surface area (Å²) in [4.78, 5) is 19.8. The van der Waals surface area contributed by atoms with Crippen molar-refractivity contribution in [2.45, 2.75) is 32.2 Å². The summed E-state index contributed by atoms with van der Waals surface area (Å²) >= 11 is 0. The molecule has 2 heterocycles. The van der Waals surface area contributed by atoms with E-state index < -0.39 is 0 Å². The molecule has 0 atom stereocenters. The van der Waals surface area contributed by atoms with Gasteiger partial charge in [-0.3, -0.25) is 4.57 Å². The smallest absolute Gasteiger partial charge is 0.241 e. The second-order valence-electron chi connectivity index (χ2n) is 4.90. The maximum absolute atomic E-state index is 4.59. The Balaban J connectivity index is 1.98. The van der Waals surface area contributed by atoms with Gasteiger partial charge in [0.15, 0.2) is 0 Å². The summed E-state index contributed by atoms with van der Waals surface area (Å²) in [5.41, 5.74) is 0. The minimum absolute atomic E-state index is 0.581. The minimum Gasteiger partial charge on any atom is -0.357 e. The summed E-state index contributed by atoms with van der Waals surface area (Å²) in [6.45, 7) is 3.15. The highest BCUT2D eigenvalue weighted by Gasteiger charge is 2.30. The Morgan fingerprint density at radius 1 is 1.35 bits per heavy atom. The quantitative estimate of drug-likeness (QED) is 0.859. The predicted molar refractivity (Wildman–Crippen MR) is 77.2 cm³/mol. The molecular weight excluding hydrogens is 254 g/mol. The SMILES string of the molecule is CCCN(c1nc(NC)nc(-n2ccnc2)n1)C1CC1. The van der Waals surface area contributed by atoms with Crippen molar-refractivity contribution in [3.8, 4) is 5.95 Å². The van der Waals surface area contributed by atoms with E-state index in [9.17, 15) is 0 Å². The largest absolute Gasteiger partial charge is 0.357 e. The van der Waals surface area contributed by atoms with Crippen LogP contribution in [0.4, 0.5) is 11.9 Å². The number of nitrogens with zero attached hydrogens (tertiary/aromatic N) is 6. The zero-order valence-electron chi connectivity index (χ0n) is 11.8. The molecule has 0 bridgehead atoms. The van der Waals surface area contributed by atoms with E-state index in [1.807, 2.05) is 13.2 Å². The first-order valence-corrected chi connectivity index (χ1v) is 7.00. The Labute approximate surface area is 118 Å². The van der Waals surface area contributed by atoms with Crippen molar-refractivity contribution in [3.63, 3.8) is 0 Å². The van der Waals surface area contributed by atoms with Crippen LogP contribution < -0.4 is 10.2 Å². The van der Waals surface area contributed by atoms with Crippen molar-refractivity contribution in [2.24, 2.45) is 0 Å². The van der Waals surface area contributed by atoms with Crippen LogP contribution in [0.15, 0.2) is 18.7 Å². The van der Waals surface area contributed by atoms with Gasteiger partial charge in [0.2, 0.25) is 17.8 Å². The van der Waals surface area contributed by atoms with Crippen LogP contribution in [-0.4, -0.2) is 44.1 Å². The second kappa shape index (κ2) is 5.44. The molecular formula is C13H19N7. The first kappa shape index (κ1) is 12.8. The number of nitrogens with one attached hydrogen (secondary N) is 1. The van der Waals surface area contributed by atoms with Gasteiger partial charge in [-0.15, -0.1) is 0 Å². The van der Waals surface area contributed by atoms with E-state index >= 15 is 0 Å². The van der Waals surface area contributed by atoms with Gasteiger partial charge in [0.05, 0.1) is 0 Å². The van der Waals surface area contributed by atoms with Crippen LogP contribution in [0.3, 0.4) is 0 Å². The maximum atomic E-state index is 4.59. The molecule has 1 N–H and O–H groups in total. The number of anilines is 2. The summed E-state index contributed by atoms with van der Waals surface area (Å²) in [6.07, 6.45) is 8.77. The lowest BCUT2D eigenvalue weighted by Crippen LogP contribution is -2.29. The summed E-state index contributed by atoms with van der Waals surface area (Å²) in [5.74, 6) is 1.93. The van der Waals surface area contributed by atoms with Gasteiger partial charge in [0.25, 0.3) is 0 Å². The average molecular weight is 273 g/mol. The Hall–Kier alpha value is -2.18. The normalized spacial score (nSPS) is 14.3. The molecule has 2 aromatic heterocycles. The van der Waals surface area contributed by atoms with Gasteiger partial charge in [-0.2, -0.15) is 15.0 Å². The molecule has 1 saturated carbocycles. The lowest BCUT2D eigenvalue weighted by atomic mass is 10.4. The monoisotopic (exact) mass is 273 g/mol. The molecule has 0 saturated heterocycles. The molecule has 0 aromatic carbocycles. The molecule has 0 spiro atoms. The van der Waals surface area contributed by atoms with Crippen LogP contribution in [0.1, 0.15) is 26.2 Å². The fraction of sp³-hybridized carbons (Fsp3) is 0.538. The van der Waals surface area contributed by atoms with Gasteiger partial charge in [0, 0.05) is 32.0 Å². The van der Waals surface area contributed by atoms with E-state index in [-0.39, 0.29) is 0 Å². The van der Waals surface area contributed by atoms with Gasteiger partial charge in [0.1, 0.15) is 6.33 Å². The number of hydrogen-bond donors (Lipinski definition) is 1. The third kappa shape index (κ3) is 2.56. The number of imidazole rings is 1. The highest BCUT2D eigenvalue weighted by molar-refractivity contribution is 5.42. The van der Waals surface area contributed by atoms with E-state index in [0.29, 0.717) is 17.9 Å². The molecule has 7 heteroatoms. The molecule has 0 aliphatic heterocycles. The van der Waals surface area contributed by atoms with Crippen LogP contribution in [0.25, 0.3) is 5.95 Å². The third-order valence-electron chi connectivity index (χ3n) is 3.28. The van der Waals surface area contributed by atoms with E-state index in [2.05, 4.69) is 37.1 Å². The van der Waals surface area contributed by atoms with Gasteiger partial charge < -0.3 is 10.2 Å². The van der Waals surface area contributed by atoms with E-state index in [1.165, 1.54) is 12.8 Å². The van der Waals surface area contributed by atoms with Crippen LogP contribution in [-0.2, 0) is 0 Å². The summed E-state index contributed by atoms with van der Waals surface area (Å²) < 4.78 is 1.79. The van der Waals surface area contributed by atoms with Gasteiger partial charge >= 0.3 is 0 Å². The molecule has 0 amide bonds. The zero-order chi connectivity index (χ0) is 13.9. The zero-order valence-corrected chi connectivity index (χ0v) is 11.8. The average Bonchev–Trinajstić information content (AvgIpc) is 3.17. The molecule has 20 heavy (non-hydrogen) atoms. The molecule has 7 nitrogen and oxygen atoms in total. The number of aromatic nitrogens is 5. The summed E-state index contributed by atoms with van der Waals surface area (Å²) in [5, 5.41) is 3.00. The first-order valence-electron chi connectivity index (χ1n) is 7.00. The highest BCUT2D eigenvalue weighted by Crippen LogP contribution is 2.30. The van der Waals surface area contributed by atoms with Crippen molar-refractivity contribution >= 4 is 11.9 Å². The molecule has 2 aromatic rings. The molecule has 3 rings (SSSR count). The highest BCUT2D eigenvalue weighted by atomic mass is 15.4. The van der Waals surface area contributed by atoms with E-state index in [0.717, 1.165) is 18.9 Å². The Kier molecular flexibility index (Phi) is 3.49. The first-order chi connectivity index (χ1) is 9.81. The fourth-order valence-electron chi connectivity index (χ4n) is 2.16. The summed E-state index contributed by atoms with van der Waals surface area (Å²) in [7, 11) is 1.82. The van der Waals surface area contributed by atoms with Gasteiger partial charge in [-0.25, -0.2) is 4.98 Å². The van der Waals surface area contributed by atoms with Crippen LogP contribution in [0.5, 0.6) is 0 Å². The molecule has 1 aliphatic rings. The lowest BCUT2D eigenvalue weighted by molar-refractivity contribution is 0.725.